The summed E-state index contributed by atoms with van der Waals surface area (Å²) in [6, 6.07) is 9.15. The molecule has 5 atom stereocenters. The van der Waals surface area contributed by atoms with Gasteiger partial charge >= 0.3 is 0 Å². The van der Waals surface area contributed by atoms with E-state index >= 15 is 0 Å². The summed E-state index contributed by atoms with van der Waals surface area (Å²) in [6.45, 7) is 1.09. The monoisotopic (exact) mass is 406 g/mol. The van der Waals surface area contributed by atoms with Gasteiger partial charge in [-0.2, -0.15) is 10.2 Å². The summed E-state index contributed by atoms with van der Waals surface area (Å²) in [7, 11) is 0. The van der Waals surface area contributed by atoms with Gasteiger partial charge in [0.1, 0.15) is 23.3 Å². The van der Waals surface area contributed by atoms with Crippen molar-refractivity contribution in [1.29, 1.82) is 5.26 Å². The Kier molecular flexibility index (Phi) is 4.82. The molecular formula is C23H27FN6. The fourth-order valence-corrected chi connectivity index (χ4v) is 6.22. The SMILES string of the molecule is N#Cc1cnc(NCc2ccccc2F)nc1NC[C@]12CC3C[C@H](C1)[C@@H](N)[C@@H](C3)C2. The van der Waals surface area contributed by atoms with Gasteiger partial charge in [-0.25, -0.2) is 9.37 Å². The minimum atomic E-state index is -0.267. The first-order chi connectivity index (χ1) is 14.5. The fourth-order valence-electron chi connectivity index (χ4n) is 6.22. The third kappa shape index (κ3) is 3.50. The van der Waals surface area contributed by atoms with E-state index in [9.17, 15) is 9.65 Å². The van der Waals surface area contributed by atoms with Crippen molar-refractivity contribution in [1.82, 2.24) is 9.97 Å². The molecule has 4 fully saturated rings. The summed E-state index contributed by atoms with van der Waals surface area (Å²) in [5.41, 5.74) is 7.70. The van der Waals surface area contributed by atoms with Crippen LogP contribution in [0.25, 0.3) is 0 Å². The molecule has 4 N–H and O–H groups in total. The van der Waals surface area contributed by atoms with Gasteiger partial charge < -0.3 is 16.4 Å². The van der Waals surface area contributed by atoms with E-state index in [1.165, 1.54) is 44.4 Å². The van der Waals surface area contributed by atoms with Crippen molar-refractivity contribution in [2.75, 3.05) is 17.2 Å². The highest BCUT2D eigenvalue weighted by Gasteiger charge is 2.54. The highest BCUT2D eigenvalue weighted by Crippen LogP contribution is 2.59. The highest BCUT2D eigenvalue weighted by atomic mass is 19.1. The second kappa shape index (κ2) is 7.51. The first-order valence-electron chi connectivity index (χ1n) is 10.8. The molecule has 1 aromatic heterocycles. The topological polar surface area (TPSA) is 99.6 Å². The van der Waals surface area contributed by atoms with Crippen molar-refractivity contribution in [3.63, 3.8) is 0 Å². The van der Waals surface area contributed by atoms with Crippen LogP contribution in [0.1, 0.15) is 43.2 Å². The molecule has 1 aromatic carbocycles. The molecule has 0 aliphatic heterocycles. The lowest BCUT2D eigenvalue weighted by atomic mass is 9.48. The summed E-state index contributed by atoms with van der Waals surface area (Å²) < 4.78 is 13.9. The fraction of sp³-hybridized carbons (Fsp3) is 0.522. The molecule has 4 aliphatic carbocycles. The molecule has 4 bridgehead atoms. The number of nitrogens with two attached hydrogens (primary N) is 1. The van der Waals surface area contributed by atoms with Crippen LogP contribution in [0.3, 0.4) is 0 Å². The van der Waals surface area contributed by atoms with Crippen LogP contribution in [0.5, 0.6) is 0 Å². The molecule has 156 valence electrons. The minimum absolute atomic E-state index is 0.255. The van der Waals surface area contributed by atoms with E-state index in [1.54, 1.807) is 18.2 Å². The molecule has 30 heavy (non-hydrogen) atoms. The number of nitriles is 1. The Morgan fingerprint density at radius 2 is 1.93 bits per heavy atom. The van der Waals surface area contributed by atoms with Crippen LogP contribution < -0.4 is 16.4 Å². The maximum absolute atomic E-state index is 13.9. The van der Waals surface area contributed by atoms with Crippen LogP contribution >= 0.6 is 0 Å². The lowest BCUT2D eigenvalue weighted by Gasteiger charge is -2.59. The van der Waals surface area contributed by atoms with Gasteiger partial charge in [-0.3, -0.25) is 0 Å². The number of nitrogens with zero attached hydrogens (tertiary/aromatic N) is 3. The number of halogens is 1. The maximum Gasteiger partial charge on any atom is 0.224 e. The van der Waals surface area contributed by atoms with Crippen molar-refractivity contribution < 1.29 is 4.39 Å². The van der Waals surface area contributed by atoms with Gasteiger partial charge in [0.25, 0.3) is 0 Å². The van der Waals surface area contributed by atoms with Crippen LogP contribution in [-0.4, -0.2) is 22.6 Å². The van der Waals surface area contributed by atoms with Crippen LogP contribution in [0.15, 0.2) is 30.5 Å². The summed E-state index contributed by atoms with van der Waals surface area (Å²) in [5.74, 6) is 2.73. The third-order valence-electron chi connectivity index (χ3n) is 7.41. The molecule has 1 unspecified atom stereocenters. The third-order valence-corrected chi connectivity index (χ3v) is 7.41. The van der Waals surface area contributed by atoms with Crippen LogP contribution in [0.2, 0.25) is 0 Å². The zero-order valence-corrected chi connectivity index (χ0v) is 16.9. The molecule has 7 heteroatoms. The molecule has 0 amide bonds. The van der Waals surface area contributed by atoms with Gasteiger partial charge in [0.05, 0.1) is 6.20 Å². The van der Waals surface area contributed by atoms with E-state index in [1.807, 2.05) is 0 Å². The number of benzene rings is 1. The molecule has 6 rings (SSSR count). The zero-order valence-electron chi connectivity index (χ0n) is 16.9. The van der Waals surface area contributed by atoms with Crippen LogP contribution in [0, 0.1) is 40.3 Å². The Labute approximate surface area is 176 Å². The van der Waals surface area contributed by atoms with Gasteiger partial charge in [0, 0.05) is 24.7 Å². The molecular weight excluding hydrogens is 379 g/mol. The Bertz CT molecular complexity index is 970. The Hall–Kier alpha value is -2.72. The Morgan fingerprint density at radius 3 is 2.67 bits per heavy atom. The van der Waals surface area contributed by atoms with Crippen molar-refractivity contribution in [3.05, 3.63) is 47.4 Å². The Balaban J connectivity index is 1.29. The maximum atomic E-state index is 13.9. The molecule has 0 radical (unpaired) electrons. The number of nitrogens with one attached hydrogen (secondary N) is 2. The first-order valence-corrected chi connectivity index (χ1v) is 10.8. The smallest absolute Gasteiger partial charge is 0.224 e. The first kappa shape index (κ1) is 19.3. The lowest BCUT2D eigenvalue weighted by Crippen LogP contribution is -2.58. The van der Waals surface area contributed by atoms with Crippen molar-refractivity contribution in [2.24, 2.45) is 28.9 Å². The number of rotatable bonds is 6. The molecule has 4 aliphatic rings. The van der Waals surface area contributed by atoms with Gasteiger partial charge in [-0.05, 0) is 61.3 Å². The molecule has 6 nitrogen and oxygen atoms in total. The average molecular weight is 407 g/mol. The molecule has 2 aromatic rings. The zero-order chi connectivity index (χ0) is 20.7. The standard InChI is InChI=1S/C23H27FN6/c24-19-4-2-1-3-15(19)11-27-22-28-12-18(10-25)21(30-22)29-13-23-7-14-5-16(8-23)20(26)17(6-14)9-23/h1-4,12,14,16-17,20H,5-9,11,13,26H2,(H2,27,28,29,30)/t14?,16-,17+,20-,23-. The van der Waals surface area contributed by atoms with E-state index in [0.717, 1.165) is 12.5 Å². The number of hydrogen-bond donors (Lipinski definition) is 3. The van der Waals surface area contributed by atoms with E-state index < -0.39 is 0 Å². The molecule has 0 spiro atoms. The second-order valence-corrected chi connectivity index (χ2v) is 9.41. The summed E-state index contributed by atoms with van der Waals surface area (Å²) >= 11 is 0. The van der Waals surface area contributed by atoms with E-state index in [4.69, 9.17) is 5.73 Å². The van der Waals surface area contributed by atoms with Crippen LogP contribution in [0.4, 0.5) is 16.2 Å². The van der Waals surface area contributed by atoms with Gasteiger partial charge in [-0.1, -0.05) is 18.2 Å². The highest BCUT2D eigenvalue weighted by molar-refractivity contribution is 5.53. The summed E-state index contributed by atoms with van der Waals surface area (Å²) in [6.07, 6.45) is 7.65. The van der Waals surface area contributed by atoms with E-state index in [0.29, 0.717) is 40.8 Å². The molecule has 0 saturated heterocycles. The number of hydrogen-bond acceptors (Lipinski definition) is 6. The molecule has 1 heterocycles. The van der Waals surface area contributed by atoms with Gasteiger partial charge in [0.15, 0.2) is 0 Å². The van der Waals surface area contributed by atoms with Crippen molar-refractivity contribution in [3.8, 4) is 6.07 Å². The normalized spacial score (nSPS) is 31.4. The quantitative estimate of drug-likeness (QED) is 0.677. The van der Waals surface area contributed by atoms with E-state index in [-0.39, 0.29) is 17.8 Å². The predicted octanol–water partition coefficient (Wildman–Crippen LogP) is 3.66. The predicted molar refractivity (Wildman–Crippen MR) is 113 cm³/mol. The Morgan fingerprint density at radius 1 is 1.17 bits per heavy atom. The minimum Gasteiger partial charge on any atom is -0.368 e. The van der Waals surface area contributed by atoms with Crippen LogP contribution in [-0.2, 0) is 6.54 Å². The van der Waals surface area contributed by atoms with Crippen molar-refractivity contribution >= 4 is 11.8 Å². The summed E-state index contributed by atoms with van der Waals surface area (Å²) in [4.78, 5) is 8.73. The van der Waals surface area contributed by atoms with Gasteiger partial charge in [0.2, 0.25) is 5.95 Å². The molecule has 4 saturated carbocycles. The lowest BCUT2D eigenvalue weighted by molar-refractivity contribution is -0.0591. The van der Waals surface area contributed by atoms with Crippen molar-refractivity contribution in [2.45, 2.75) is 44.7 Å². The number of anilines is 2. The largest absolute Gasteiger partial charge is 0.368 e. The number of aromatic nitrogens is 2. The van der Waals surface area contributed by atoms with Gasteiger partial charge in [-0.15, -0.1) is 0 Å². The summed E-state index contributed by atoms with van der Waals surface area (Å²) in [5, 5.41) is 16.0. The van der Waals surface area contributed by atoms with E-state index in [2.05, 4.69) is 26.7 Å². The average Bonchev–Trinajstić information content (AvgIpc) is 2.75. The second-order valence-electron chi connectivity index (χ2n) is 9.41.